The predicted octanol–water partition coefficient (Wildman–Crippen LogP) is 3.05. The zero-order valence-electron chi connectivity index (χ0n) is 20.4. The molecule has 5 rings (SSSR count). The van der Waals surface area contributed by atoms with E-state index in [0.717, 1.165) is 16.6 Å². The van der Waals surface area contributed by atoms with E-state index < -0.39 is 5.67 Å². The highest BCUT2D eigenvalue weighted by atomic mass is 35.5. The number of hydrogen-bond acceptors (Lipinski definition) is 6. The molecule has 192 valence electrons. The number of amides is 1. The number of carbonyl (C=O) groups is 1. The second-order valence-electron chi connectivity index (χ2n) is 9.60. The van der Waals surface area contributed by atoms with Gasteiger partial charge in [-0.15, -0.1) is 0 Å². The van der Waals surface area contributed by atoms with Crippen LogP contribution in [0.4, 0.5) is 10.3 Å². The Morgan fingerprint density at radius 1 is 1.28 bits per heavy atom. The minimum absolute atomic E-state index is 0.115. The molecule has 0 spiro atoms. The number of carbonyl (C=O) groups excluding carboxylic acids is 1. The molecule has 3 N–H and O–H groups in total. The fraction of sp³-hybridized carbons (Fsp3) is 0.520. The molecular formula is C25H32ClFN7O2+. The number of nitrogen functional groups attached to an aromatic ring is 1. The van der Waals surface area contributed by atoms with Crippen LogP contribution in [0.1, 0.15) is 44.2 Å². The number of benzene rings is 1. The fourth-order valence-corrected chi connectivity index (χ4v) is 5.43. The van der Waals surface area contributed by atoms with Crippen molar-refractivity contribution in [3.05, 3.63) is 41.2 Å². The molecule has 3 aromatic rings. The lowest BCUT2D eigenvalue weighted by Crippen LogP contribution is -2.53. The van der Waals surface area contributed by atoms with Crippen molar-refractivity contribution >= 4 is 34.5 Å². The van der Waals surface area contributed by atoms with Gasteiger partial charge in [0.1, 0.15) is 6.20 Å². The van der Waals surface area contributed by atoms with Crippen LogP contribution in [0.3, 0.4) is 0 Å². The van der Waals surface area contributed by atoms with Gasteiger partial charge in [0.2, 0.25) is 0 Å². The molecule has 1 aromatic carbocycles. The summed E-state index contributed by atoms with van der Waals surface area (Å²) in [4.78, 5) is 28.6. The summed E-state index contributed by atoms with van der Waals surface area (Å²) in [5.74, 6) is -0.0235. The van der Waals surface area contributed by atoms with Gasteiger partial charge in [0, 0.05) is 62.2 Å². The Labute approximate surface area is 214 Å². The quantitative estimate of drug-likeness (QED) is 0.540. The van der Waals surface area contributed by atoms with Crippen molar-refractivity contribution in [1.82, 2.24) is 24.3 Å². The van der Waals surface area contributed by atoms with Crippen LogP contribution >= 0.6 is 11.6 Å². The zero-order valence-corrected chi connectivity index (χ0v) is 21.2. The van der Waals surface area contributed by atoms with Crippen LogP contribution in [-0.4, -0.2) is 68.7 Å². The van der Waals surface area contributed by atoms with Gasteiger partial charge in [-0.25, -0.2) is 9.37 Å². The number of aromatic amines is 1. The van der Waals surface area contributed by atoms with E-state index in [4.69, 9.17) is 22.1 Å². The van der Waals surface area contributed by atoms with Crippen molar-refractivity contribution in [2.24, 2.45) is 0 Å². The molecule has 0 bridgehead atoms. The summed E-state index contributed by atoms with van der Waals surface area (Å²) in [7, 11) is 0. The number of fused-ring (bicyclic) bond motifs is 1. The van der Waals surface area contributed by atoms with Gasteiger partial charge in [0.05, 0.1) is 23.8 Å². The van der Waals surface area contributed by atoms with Crippen molar-refractivity contribution in [3.8, 4) is 6.01 Å². The Morgan fingerprint density at radius 2 is 2.03 bits per heavy atom. The van der Waals surface area contributed by atoms with Gasteiger partial charge >= 0.3 is 5.95 Å². The summed E-state index contributed by atoms with van der Waals surface area (Å²) >= 11 is 6.16. The van der Waals surface area contributed by atoms with Gasteiger partial charge in [-0.3, -0.25) is 20.0 Å². The molecule has 36 heavy (non-hydrogen) atoms. The number of aromatic nitrogens is 4. The number of likely N-dealkylation sites (tertiary alicyclic amines) is 2. The van der Waals surface area contributed by atoms with Crippen LogP contribution in [0.5, 0.6) is 6.01 Å². The number of hydrogen-bond donors (Lipinski definition) is 1. The van der Waals surface area contributed by atoms with E-state index in [1.807, 2.05) is 31.3 Å². The number of nitrogens with zero attached hydrogens (tertiary/aromatic N) is 5. The number of ether oxygens (including phenoxy) is 1. The second kappa shape index (κ2) is 10.2. The third kappa shape index (κ3) is 4.97. The molecule has 2 aliphatic heterocycles. The molecule has 2 fully saturated rings. The number of piperidine rings is 2. The van der Waals surface area contributed by atoms with E-state index in [1.165, 1.54) is 0 Å². The maximum Gasteiger partial charge on any atom is 0.386 e. The van der Waals surface area contributed by atoms with Crippen molar-refractivity contribution in [2.45, 2.75) is 50.9 Å². The Bertz CT molecular complexity index is 1220. The van der Waals surface area contributed by atoms with Crippen LogP contribution in [0.15, 0.2) is 30.6 Å². The highest BCUT2D eigenvalue weighted by Crippen LogP contribution is 2.35. The van der Waals surface area contributed by atoms with E-state index in [2.05, 4.69) is 24.4 Å². The molecule has 0 saturated carbocycles. The number of nitrogens with two attached hydrogens (primary N) is 1. The first kappa shape index (κ1) is 24.7. The maximum absolute atomic E-state index is 15.8. The number of rotatable bonds is 6. The van der Waals surface area contributed by atoms with E-state index in [0.29, 0.717) is 69.2 Å². The SMILES string of the molecule is CCOc1nc2cc(Cl)ccc2n1C1CCN(C(=O)C2(F)CCN(Cc3cnc(N)[nH+]c3)CC2)CC1. The van der Waals surface area contributed by atoms with E-state index in [-0.39, 0.29) is 24.8 Å². The molecule has 0 aliphatic carbocycles. The average Bonchev–Trinajstić information content (AvgIpc) is 3.23. The van der Waals surface area contributed by atoms with Crippen molar-refractivity contribution in [3.63, 3.8) is 0 Å². The van der Waals surface area contributed by atoms with Crippen LogP contribution in [0, 0.1) is 0 Å². The molecule has 2 aliphatic rings. The van der Waals surface area contributed by atoms with E-state index >= 15 is 4.39 Å². The molecule has 11 heteroatoms. The minimum atomic E-state index is -1.82. The summed E-state index contributed by atoms with van der Waals surface area (Å²) in [6.07, 6.45) is 5.33. The molecule has 9 nitrogen and oxygen atoms in total. The topological polar surface area (TPSA) is 104 Å². The fourth-order valence-electron chi connectivity index (χ4n) is 5.26. The third-order valence-electron chi connectivity index (χ3n) is 7.22. The number of imidazole rings is 1. The predicted molar refractivity (Wildman–Crippen MR) is 134 cm³/mol. The first-order chi connectivity index (χ1) is 17.4. The van der Waals surface area contributed by atoms with Crippen molar-refractivity contribution in [1.29, 1.82) is 0 Å². The van der Waals surface area contributed by atoms with Gasteiger partial charge < -0.3 is 9.64 Å². The van der Waals surface area contributed by atoms with E-state index in [9.17, 15) is 4.79 Å². The van der Waals surface area contributed by atoms with Crippen molar-refractivity contribution in [2.75, 3.05) is 38.5 Å². The highest BCUT2D eigenvalue weighted by molar-refractivity contribution is 6.31. The van der Waals surface area contributed by atoms with Crippen LogP contribution in [-0.2, 0) is 11.3 Å². The normalized spacial score (nSPS) is 19.0. The molecule has 0 atom stereocenters. The number of nitrogens with one attached hydrogen (secondary N) is 1. The van der Waals surface area contributed by atoms with Crippen LogP contribution in [0.2, 0.25) is 5.02 Å². The van der Waals surface area contributed by atoms with Gasteiger partial charge in [0.25, 0.3) is 11.9 Å². The molecule has 0 radical (unpaired) electrons. The van der Waals surface area contributed by atoms with Gasteiger partial charge in [-0.1, -0.05) is 16.6 Å². The standard InChI is InChI=1S/C25H31ClFN7O2/c1-2-36-24-31-20-13-18(26)3-4-21(20)34(24)19-5-9-33(10-6-19)22(35)25(27)7-11-32(12-8-25)16-17-14-29-23(28)30-15-17/h3-4,13-15,19H,2,5-12,16H2,1H3,(H2,28,29,30)/p+1. The smallest absolute Gasteiger partial charge is 0.386 e. The molecule has 2 aromatic heterocycles. The number of halogens is 2. The highest BCUT2D eigenvalue weighted by Gasteiger charge is 2.45. The summed E-state index contributed by atoms with van der Waals surface area (Å²) in [5.41, 5.74) is 6.50. The molecule has 4 heterocycles. The number of H-pyrrole nitrogens is 1. The number of anilines is 1. The van der Waals surface area contributed by atoms with Crippen LogP contribution < -0.4 is 15.5 Å². The van der Waals surface area contributed by atoms with Gasteiger partial charge in [0.15, 0.2) is 5.67 Å². The summed E-state index contributed by atoms with van der Waals surface area (Å²) < 4.78 is 23.7. The van der Waals surface area contributed by atoms with Crippen LogP contribution in [0.25, 0.3) is 11.0 Å². The second-order valence-corrected chi connectivity index (χ2v) is 10.0. The van der Waals surface area contributed by atoms with Crippen molar-refractivity contribution < 1.29 is 18.9 Å². The third-order valence-corrected chi connectivity index (χ3v) is 7.46. The molecule has 2 saturated heterocycles. The lowest BCUT2D eigenvalue weighted by Gasteiger charge is -2.40. The summed E-state index contributed by atoms with van der Waals surface area (Å²) in [6.45, 7) is 5.12. The zero-order chi connectivity index (χ0) is 25.3. The molecule has 1 amide bonds. The summed E-state index contributed by atoms with van der Waals surface area (Å²) in [5, 5.41) is 0.623. The molecule has 0 unspecified atom stereocenters. The van der Waals surface area contributed by atoms with E-state index in [1.54, 1.807) is 11.1 Å². The maximum atomic E-state index is 15.8. The lowest BCUT2D eigenvalue weighted by atomic mass is 9.90. The van der Waals surface area contributed by atoms with Gasteiger partial charge in [-0.2, -0.15) is 4.98 Å². The first-order valence-corrected chi connectivity index (χ1v) is 12.9. The number of alkyl halides is 1. The molecular weight excluding hydrogens is 485 g/mol. The monoisotopic (exact) mass is 516 g/mol. The largest absolute Gasteiger partial charge is 0.465 e. The Balaban J connectivity index is 1.20. The van der Waals surface area contributed by atoms with Gasteiger partial charge in [-0.05, 0) is 38.0 Å². The Morgan fingerprint density at radius 3 is 2.69 bits per heavy atom. The lowest BCUT2D eigenvalue weighted by molar-refractivity contribution is -0.365. The Kier molecular flexibility index (Phi) is 6.98. The Hall–Kier alpha value is -2.98. The first-order valence-electron chi connectivity index (χ1n) is 12.5. The minimum Gasteiger partial charge on any atom is -0.465 e. The summed E-state index contributed by atoms with van der Waals surface area (Å²) in [6, 6.07) is 6.30. The average molecular weight is 517 g/mol.